The maximum absolute atomic E-state index is 14.2. The van der Waals surface area contributed by atoms with E-state index in [1.807, 2.05) is 0 Å². The molecule has 5 nitrogen and oxygen atoms in total. The predicted molar refractivity (Wildman–Crippen MR) is 91.3 cm³/mol. The van der Waals surface area contributed by atoms with E-state index < -0.39 is 35.2 Å². The number of hydrogen-bond donors (Lipinski definition) is 0. The lowest BCUT2D eigenvalue weighted by Crippen LogP contribution is -2.41. The van der Waals surface area contributed by atoms with Gasteiger partial charge in [-0.1, -0.05) is 12.1 Å². The van der Waals surface area contributed by atoms with Crippen LogP contribution in [0.25, 0.3) is 6.08 Å². The molecule has 1 aliphatic rings. The summed E-state index contributed by atoms with van der Waals surface area (Å²) >= 11 is 0. The Labute approximate surface area is 158 Å². The van der Waals surface area contributed by atoms with Crippen molar-refractivity contribution in [1.82, 2.24) is 0 Å². The molecule has 0 N–H and O–H groups in total. The van der Waals surface area contributed by atoms with Crippen molar-refractivity contribution in [2.45, 2.75) is 26.2 Å². The monoisotopic (exact) mass is 392 g/mol. The number of carbonyl (C=O) groups is 2. The van der Waals surface area contributed by atoms with Crippen LogP contribution in [0.1, 0.15) is 25.0 Å². The molecule has 0 atom stereocenters. The van der Waals surface area contributed by atoms with Crippen molar-refractivity contribution in [1.29, 1.82) is 0 Å². The van der Waals surface area contributed by atoms with Crippen LogP contribution >= 0.6 is 0 Å². The number of ether oxygens (including phenoxy) is 3. The van der Waals surface area contributed by atoms with Gasteiger partial charge in [0, 0.05) is 13.8 Å². The third-order valence-corrected chi connectivity index (χ3v) is 3.76. The molecule has 2 aromatic rings. The summed E-state index contributed by atoms with van der Waals surface area (Å²) in [5.74, 6) is -6.04. The van der Waals surface area contributed by atoms with E-state index >= 15 is 0 Å². The number of halogens is 3. The van der Waals surface area contributed by atoms with Gasteiger partial charge in [-0.15, -0.1) is 0 Å². The molecule has 1 fully saturated rings. The molecule has 0 aliphatic carbocycles. The summed E-state index contributed by atoms with van der Waals surface area (Å²) < 4.78 is 55.5. The van der Waals surface area contributed by atoms with Gasteiger partial charge in [-0.2, -0.15) is 0 Å². The quantitative estimate of drug-likeness (QED) is 0.449. The van der Waals surface area contributed by atoms with Crippen LogP contribution in [-0.4, -0.2) is 17.7 Å². The van der Waals surface area contributed by atoms with Crippen LogP contribution in [0, 0.1) is 17.5 Å². The van der Waals surface area contributed by atoms with E-state index in [9.17, 15) is 22.8 Å². The van der Waals surface area contributed by atoms with Gasteiger partial charge in [-0.05, 0) is 41.5 Å². The van der Waals surface area contributed by atoms with Gasteiger partial charge in [0.1, 0.15) is 12.2 Å². The summed E-state index contributed by atoms with van der Waals surface area (Å²) in [5.41, 5.74) is 0.162. The van der Waals surface area contributed by atoms with Crippen molar-refractivity contribution in [3.05, 3.63) is 70.5 Å². The Hall–Kier alpha value is -3.29. The molecule has 1 heterocycles. The Balaban J connectivity index is 1.74. The Morgan fingerprint density at radius 2 is 1.61 bits per heavy atom. The Morgan fingerprint density at radius 3 is 2.21 bits per heavy atom. The highest BCUT2D eigenvalue weighted by molar-refractivity contribution is 6.18. The van der Waals surface area contributed by atoms with E-state index in [4.69, 9.17) is 14.2 Å². The van der Waals surface area contributed by atoms with Gasteiger partial charge in [-0.3, -0.25) is 0 Å². The van der Waals surface area contributed by atoms with Crippen LogP contribution in [0.15, 0.2) is 42.0 Å². The molecule has 0 amide bonds. The fourth-order valence-corrected chi connectivity index (χ4v) is 2.46. The standard InChI is InChI=1S/C20H15F3O5/c1-20(2)27-18(24)13(19(25)28-20)7-11-4-6-17(16(23)8-11)26-10-12-3-5-14(21)15(22)9-12/h3-9H,10H2,1-2H3. The molecule has 3 rings (SSSR count). The second kappa shape index (κ2) is 7.38. The van der Waals surface area contributed by atoms with Gasteiger partial charge in [0.2, 0.25) is 0 Å². The zero-order valence-electron chi connectivity index (χ0n) is 14.9. The Bertz CT molecular complexity index is 960. The normalized spacial score (nSPS) is 15.7. The molecule has 28 heavy (non-hydrogen) atoms. The smallest absolute Gasteiger partial charge is 0.348 e. The molecule has 1 aliphatic heterocycles. The summed E-state index contributed by atoms with van der Waals surface area (Å²) in [7, 11) is 0. The molecule has 0 unspecified atom stereocenters. The Morgan fingerprint density at radius 1 is 0.929 bits per heavy atom. The van der Waals surface area contributed by atoms with Crippen molar-refractivity contribution in [2.24, 2.45) is 0 Å². The molecule has 146 valence electrons. The van der Waals surface area contributed by atoms with Crippen molar-refractivity contribution >= 4 is 18.0 Å². The Kier molecular flexibility index (Phi) is 5.13. The first-order chi connectivity index (χ1) is 13.1. The lowest BCUT2D eigenvalue weighted by molar-refractivity contribution is -0.222. The average molecular weight is 392 g/mol. The summed E-state index contributed by atoms with van der Waals surface area (Å²) in [5, 5.41) is 0. The number of benzene rings is 2. The van der Waals surface area contributed by atoms with E-state index in [2.05, 4.69) is 0 Å². The molecule has 2 aromatic carbocycles. The maximum atomic E-state index is 14.2. The second-order valence-electron chi connectivity index (χ2n) is 6.46. The topological polar surface area (TPSA) is 61.8 Å². The van der Waals surface area contributed by atoms with Gasteiger partial charge in [0.25, 0.3) is 5.79 Å². The SMILES string of the molecule is CC1(C)OC(=O)C(=Cc2ccc(OCc3ccc(F)c(F)c3)c(F)c2)C(=O)O1. The lowest BCUT2D eigenvalue weighted by Gasteiger charge is -2.29. The van der Waals surface area contributed by atoms with E-state index in [1.165, 1.54) is 32.0 Å². The summed E-state index contributed by atoms with van der Waals surface area (Å²) in [6, 6.07) is 6.96. The van der Waals surface area contributed by atoms with Crippen LogP contribution in [0.2, 0.25) is 0 Å². The van der Waals surface area contributed by atoms with Crippen molar-refractivity contribution in [3.63, 3.8) is 0 Å². The summed E-state index contributed by atoms with van der Waals surface area (Å²) in [6.45, 7) is 2.65. The lowest BCUT2D eigenvalue weighted by atomic mass is 10.1. The van der Waals surface area contributed by atoms with Crippen molar-refractivity contribution in [3.8, 4) is 5.75 Å². The zero-order chi connectivity index (χ0) is 20.5. The minimum absolute atomic E-state index is 0.137. The molecule has 0 saturated carbocycles. The first kappa shape index (κ1) is 19.5. The van der Waals surface area contributed by atoms with Gasteiger partial charge >= 0.3 is 11.9 Å². The molecule has 0 spiro atoms. The summed E-state index contributed by atoms with van der Waals surface area (Å²) in [6.07, 6.45) is 1.14. The van der Waals surface area contributed by atoms with Gasteiger partial charge in [-0.25, -0.2) is 22.8 Å². The minimum atomic E-state index is -1.37. The van der Waals surface area contributed by atoms with Crippen LogP contribution in [0.3, 0.4) is 0 Å². The van der Waals surface area contributed by atoms with Gasteiger partial charge < -0.3 is 14.2 Å². The van der Waals surface area contributed by atoms with E-state index in [0.29, 0.717) is 5.56 Å². The zero-order valence-corrected chi connectivity index (χ0v) is 14.9. The summed E-state index contributed by atoms with van der Waals surface area (Å²) in [4.78, 5) is 23.8. The third-order valence-electron chi connectivity index (χ3n) is 3.76. The number of rotatable bonds is 4. The van der Waals surface area contributed by atoms with E-state index in [1.54, 1.807) is 0 Å². The highest BCUT2D eigenvalue weighted by Crippen LogP contribution is 2.26. The second-order valence-corrected chi connectivity index (χ2v) is 6.46. The minimum Gasteiger partial charge on any atom is -0.486 e. The average Bonchev–Trinajstić information content (AvgIpc) is 2.59. The highest BCUT2D eigenvalue weighted by atomic mass is 19.2. The largest absolute Gasteiger partial charge is 0.486 e. The van der Waals surface area contributed by atoms with E-state index in [0.717, 1.165) is 24.3 Å². The van der Waals surface area contributed by atoms with Crippen LogP contribution < -0.4 is 4.74 Å². The van der Waals surface area contributed by atoms with Crippen LogP contribution in [0.4, 0.5) is 13.2 Å². The molecule has 1 saturated heterocycles. The highest BCUT2D eigenvalue weighted by Gasteiger charge is 2.38. The molecule has 0 radical (unpaired) electrons. The number of cyclic esters (lactones) is 2. The first-order valence-electron chi connectivity index (χ1n) is 8.19. The maximum Gasteiger partial charge on any atom is 0.348 e. The molecular formula is C20H15F3O5. The van der Waals surface area contributed by atoms with Crippen molar-refractivity contribution in [2.75, 3.05) is 0 Å². The fourth-order valence-electron chi connectivity index (χ4n) is 2.46. The van der Waals surface area contributed by atoms with E-state index in [-0.39, 0.29) is 23.5 Å². The van der Waals surface area contributed by atoms with Crippen molar-refractivity contribution < 1.29 is 37.0 Å². The van der Waals surface area contributed by atoms with Crippen LogP contribution in [-0.2, 0) is 25.7 Å². The number of carbonyl (C=O) groups excluding carboxylic acids is 2. The molecular weight excluding hydrogens is 377 g/mol. The first-order valence-corrected chi connectivity index (χ1v) is 8.19. The fraction of sp³-hybridized carbons (Fsp3) is 0.200. The molecule has 0 bridgehead atoms. The number of esters is 2. The number of hydrogen-bond acceptors (Lipinski definition) is 5. The molecule has 0 aromatic heterocycles. The predicted octanol–water partition coefficient (Wildman–Crippen LogP) is 3.90. The van der Waals surface area contributed by atoms with Gasteiger partial charge in [0.15, 0.2) is 23.2 Å². The molecule has 8 heteroatoms. The van der Waals surface area contributed by atoms with Crippen LogP contribution in [0.5, 0.6) is 5.75 Å². The van der Waals surface area contributed by atoms with Gasteiger partial charge in [0.05, 0.1) is 0 Å². The third kappa shape index (κ3) is 4.33.